The SMILES string of the molecule is CC(=O)O[C@@H]1O[C@H](COc2c(OCCOc3ccccc3NCc3cccc(OCc4ccccc4)c3OCc3ccccc3)ccc(OCc3ccccc3)c2OCc2ccccc2)[C@@H](OC(C)=O)[C@H](OC(C)=O)[C@H]1OC(C)=O. The van der Waals surface area contributed by atoms with Crippen molar-refractivity contribution in [1.29, 1.82) is 0 Å². The van der Waals surface area contributed by atoms with E-state index in [0.29, 0.717) is 42.7 Å². The van der Waals surface area contributed by atoms with Crippen LogP contribution in [0.1, 0.15) is 55.5 Å². The van der Waals surface area contributed by atoms with Crippen LogP contribution in [0.4, 0.5) is 5.69 Å². The maximum Gasteiger partial charge on any atom is 0.305 e. The Labute approximate surface area is 464 Å². The van der Waals surface area contributed by atoms with E-state index in [0.717, 1.165) is 55.5 Å². The number of carbonyl (C=O) groups is 4. The lowest BCUT2D eigenvalue weighted by Gasteiger charge is -2.43. The molecule has 8 rings (SSSR count). The van der Waals surface area contributed by atoms with Gasteiger partial charge < -0.3 is 62.2 Å². The van der Waals surface area contributed by atoms with Gasteiger partial charge in [0, 0.05) is 39.8 Å². The fourth-order valence-electron chi connectivity index (χ4n) is 8.58. The second-order valence-electron chi connectivity index (χ2n) is 18.3. The molecule has 0 aromatic heterocycles. The zero-order chi connectivity index (χ0) is 56.1. The standard InChI is InChI=1S/C63H63NO16/c1-42(65)76-60-56(80-63(79-45(4)68)62(78-44(3)67)61(60)77-43(2)66)41-75-58-54(32-33-55(72-38-47-22-11-6-12-23-47)59(58)74-40-49-26-15-8-16-27-49)70-35-34-69-52-30-18-17-29-51(52)64-36-50-28-19-31-53(71-37-46-20-9-5-10-21-46)57(50)73-39-48-24-13-7-14-25-48/h5-33,56,60-64H,34-41H2,1-4H3/t56-,60-,61+,62-,63-/m1/s1. The van der Waals surface area contributed by atoms with Crippen molar-refractivity contribution in [2.45, 2.75) is 91.4 Å². The average molecular weight is 1090 g/mol. The lowest BCUT2D eigenvalue weighted by molar-refractivity contribution is -0.298. The third-order valence-corrected chi connectivity index (χ3v) is 12.2. The summed E-state index contributed by atoms with van der Waals surface area (Å²) < 4.78 is 73.8. The Morgan fingerprint density at radius 2 is 0.800 bits per heavy atom. The molecule has 5 atom stereocenters. The van der Waals surface area contributed by atoms with E-state index >= 15 is 0 Å². The van der Waals surface area contributed by atoms with Gasteiger partial charge >= 0.3 is 23.9 Å². The number of benzene rings is 7. The van der Waals surface area contributed by atoms with Crippen LogP contribution >= 0.6 is 0 Å². The van der Waals surface area contributed by atoms with Crippen molar-refractivity contribution in [3.05, 3.63) is 204 Å². The van der Waals surface area contributed by atoms with E-state index in [2.05, 4.69) is 5.32 Å². The highest BCUT2D eigenvalue weighted by molar-refractivity contribution is 5.69. The monoisotopic (exact) mass is 1090 g/mol. The quantitative estimate of drug-likeness (QED) is 0.0290. The molecule has 416 valence electrons. The van der Waals surface area contributed by atoms with Crippen LogP contribution in [0.15, 0.2) is 176 Å². The molecule has 0 bridgehead atoms. The molecule has 1 aliphatic rings. The highest BCUT2D eigenvalue weighted by atomic mass is 16.7. The second kappa shape index (κ2) is 29.0. The Balaban J connectivity index is 1.05. The van der Waals surface area contributed by atoms with Crippen LogP contribution in [0.3, 0.4) is 0 Å². The molecule has 1 heterocycles. The molecule has 0 saturated carbocycles. The van der Waals surface area contributed by atoms with Crippen LogP contribution < -0.4 is 38.5 Å². The number of carbonyl (C=O) groups excluding carboxylic acids is 4. The Bertz CT molecular complexity index is 3110. The van der Waals surface area contributed by atoms with Gasteiger partial charge in [0.2, 0.25) is 23.9 Å². The number of ether oxygens (including phenoxy) is 12. The van der Waals surface area contributed by atoms with E-state index in [1.165, 1.54) is 0 Å². The zero-order valence-electron chi connectivity index (χ0n) is 44.8. The van der Waals surface area contributed by atoms with Crippen molar-refractivity contribution < 1.29 is 76.0 Å². The van der Waals surface area contributed by atoms with E-state index in [1.54, 1.807) is 12.1 Å². The third kappa shape index (κ3) is 16.6. The zero-order valence-corrected chi connectivity index (χ0v) is 44.8. The van der Waals surface area contributed by atoms with Gasteiger partial charge in [0.05, 0.1) is 5.69 Å². The van der Waals surface area contributed by atoms with E-state index in [-0.39, 0.29) is 49.4 Å². The summed E-state index contributed by atoms with van der Waals surface area (Å²) >= 11 is 0. The molecule has 0 radical (unpaired) electrons. The molecule has 7 aromatic rings. The van der Waals surface area contributed by atoms with Gasteiger partial charge in [-0.2, -0.15) is 0 Å². The first-order valence-electron chi connectivity index (χ1n) is 26.0. The second-order valence-corrected chi connectivity index (χ2v) is 18.3. The molecule has 1 saturated heterocycles. The smallest absolute Gasteiger partial charge is 0.305 e. The van der Waals surface area contributed by atoms with Gasteiger partial charge in [-0.25, -0.2) is 0 Å². The minimum atomic E-state index is -1.63. The molecule has 1 aliphatic heterocycles. The summed E-state index contributed by atoms with van der Waals surface area (Å²) in [6.07, 6.45) is -7.45. The van der Waals surface area contributed by atoms with Crippen LogP contribution in [-0.4, -0.2) is 74.4 Å². The average Bonchev–Trinajstić information content (AvgIpc) is 3.49. The first-order chi connectivity index (χ1) is 39.0. The Morgan fingerprint density at radius 3 is 1.34 bits per heavy atom. The molecule has 17 nitrogen and oxygen atoms in total. The van der Waals surface area contributed by atoms with Crippen molar-refractivity contribution in [1.82, 2.24) is 0 Å². The number of nitrogens with one attached hydrogen (secondary N) is 1. The number of para-hydroxylation sites is 3. The van der Waals surface area contributed by atoms with Crippen molar-refractivity contribution >= 4 is 29.6 Å². The van der Waals surface area contributed by atoms with Crippen LogP contribution in [0.25, 0.3) is 0 Å². The van der Waals surface area contributed by atoms with Gasteiger partial charge in [0.15, 0.2) is 35.2 Å². The van der Waals surface area contributed by atoms with Crippen LogP contribution in [0, 0.1) is 0 Å². The number of rotatable bonds is 27. The Kier molecular flexibility index (Phi) is 20.6. The predicted molar refractivity (Wildman–Crippen MR) is 293 cm³/mol. The summed E-state index contributed by atoms with van der Waals surface area (Å²) in [6, 6.07) is 55.6. The summed E-state index contributed by atoms with van der Waals surface area (Å²) in [5, 5.41) is 3.53. The molecule has 1 fully saturated rings. The maximum absolute atomic E-state index is 12.7. The summed E-state index contributed by atoms with van der Waals surface area (Å²) in [7, 11) is 0. The minimum Gasteiger partial charge on any atom is -0.488 e. The molecular formula is C63H63NO16. The highest BCUT2D eigenvalue weighted by Gasteiger charge is 2.53. The maximum atomic E-state index is 12.7. The first-order valence-corrected chi connectivity index (χ1v) is 26.0. The first kappa shape index (κ1) is 57.0. The number of hydrogen-bond acceptors (Lipinski definition) is 17. The lowest BCUT2D eigenvalue weighted by Crippen LogP contribution is -2.63. The normalized spacial score (nSPS) is 16.4. The largest absolute Gasteiger partial charge is 0.488 e. The van der Waals surface area contributed by atoms with Gasteiger partial charge in [-0.1, -0.05) is 146 Å². The molecular weight excluding hydrogens is 1030 g/mol. The summed E-state index contributed by atoms with van der Waals surface area (Å²) in [5.74, 6) is -0.755. The summed E-state index contributed by atoms with van der Waals surface area (Å²) in [5.41, 5.74) is 5.32. The fourth-order valence-corrected chi connectivity index (χ4v) is 8.58. The van der Waals surface area contributed by atoms with E-state index in [1.807, 2.05) is 164 Å². The molecule has 0 amide bonds. The van der Waals surface area contributed by atoms with Gasteiger partial charge in [-0.3, -0.25) is 19.2 Å². The number of hydrogen-bond donors (Lipinski definition) is 1. The Morgan fingerprint density at radius 1 is 0.388 bits per heavy atom. The van der Waals surface area contributed by atoms with Crippen LogP contribution in [-0.2, 0) is 75.8 Å². The predicted octanol–water partition coefficient (Wildman–Crippen LogP) is 10.5. The molecule has 0 spiro atoms. The van der Waals surface area contributed by atoms with Crippen molar-refractivity contribution in [2.24, 2.45) is 0 Å². The van der Waals surface area contributed by atoms with Gasteiger partial charge in [0.25, 0.3) is 0 Å². The van der Waals surface area contributed by atoms with Crippen LogP contribution in [0.2, 0.25) is 0 Å². The van der Waals surface area contributed by atoms with Gasteiger partial charge in [0.1, 0.15) is 58.1 Å². The topological polar surface area (TPSA) is 191 Å². The summed E-state index contributed by atoms with van der Waals surface area (Å²) in [6.45, 7) is 5.40. The number of anilines is 1. The van der Waals surface area contributed by atoms with Crippen molar-refractivity contribution in [2.75, 3.05) is 25.1 Å². The third-order valence-electron chi connectivity index (χ3n) is 12.2. The highest BCUT2D eigenvalue weighted by Crippen LogP contribution is 2.46. The molecule has 0 aliphatic carbocycles. The van der Waals surface area contributed by atoms with E-state index in [4.69, 9.17) is 56.8 Å². The lowest BCUT2D eigenvalue weighted by atomic mass is 9.98. The van der Waals surface area contributed by atoms with Gasteiger partial charge in [-0.05, 0) is 52.6 Å². The van der Waals surface area contributed by atoms with E-state index in [9.17, 15) is 19.2 Å². The molecule has 17 heteroatoms. The fraction of sp³-hybridized carbons (Fsp3) is 0.270. The minimum absolute atomic E-state index is 0.00553. The molecule has 1 N–H and O–H groups in total. The summed E-state index contributed by atoms with van der Waals surface area (Å²) in [4.78, 5) is 50.1. The molecule has 0 unspecified atom stereocenters. The molecule has 7 aromatic carbocycles. The number of esters is 4. The Hall–Kier alpha value is -9.22. The van der Waals surface area contributed by atoms with Crippen molar-refractivity contribution in [3.8, 4) is 40.2 Å². The van der Waals surface area contributed by atoms with Crippen molar-refractivity contribution in [3.63, 3.8) is 0 Å². The molecule has 80 heavy (non-hydrogen) atoms. The van der Waals surface area contributed by atoms with Crippen LogP contribution in [0.5, 0.6) is 40.2 Å². The van der Waals surface area contributed by atoms with Gasteiger partial charge in [-0.15, -0.1) is 0 Å². The van der Waals surface area contributed by atoms with E-state index < -0.39 is 61.2 Å².